The van der Waals surface area contributed by atoms with Crippen LogP contribution < -0.4 is 0 Å². The van der Waals surface area contributed by atoms with E-state index in [9.17, 15) is 43.2 Å². The maximum absolute atomic E-state index is 13.1. The van der Waals surface area contributed by atoms with Gasteiger partial charge in [-0.05, 0) is 128 Å². The maximum Gasteiger partial charge on any atom is 0.472 e. The number of unbranched alkanes of at least 4 members (excludes halogenated alkanes) is 26. The maximum atomic E-state index is 13.1. The zero-order valence-electron chi connectivity index (χ0n) is 66.3. The lowest BCUT2D eigenvalue weighted by molar-refractivity contribution is -0.161. The summed E-state index contributed by atoms with van der Waals surface area (Å²) >= 11 is 0. The first kappa shape index (κ1) is 101. The van der Waals surface area contributed by atoms with Crippen molar-refractivity contribution in [2.75, 3.05) is 39.6 Å². The fraction of sp³-hybridized carbons (Fsp3) is 0.678. The van der Waals surface area contributed by atoms with Gasteiger partial charge in [-0.15, -0.1) is 0 Å². The summed E-state index contributed by atoms with van der Waals surface area (Å²) in [5, 5.41) is 10.7. The number of hydrogen-bond acceptors (Lipinski definition) is 15. The third-order valence-electron chi connectivity index (χ3n) is 16.8. The molecule has 0 rings (SSSR count). The van der Waals surface area contributed by atoms with Gasteiger partial charge in [-0.25, -0.2) is 9.13 Å². The van der Waals surface area contributed by atoms with Crippen LogP contribution in [-0.4, -0.2) is 96.7 Å². The average Bonchev–Trinajstić information content (AvgIpc) is 0.909. The van der Waals surface area contributed by atoms with Crippen molar-refractivity contribution in [2.45, 2.75) is 341 Å². The van der Waals surface area contributed by atoms with E-state index >= 15 is 0 Å². The summed E-state index contributed by atoms with van der Waals surface area (Å²) in [6.07, 6.45) is 89.7. The summed E-state index contributed by atoms with van der Waals surface area (Å²) < 4.78 is 68.6. The molecule has 17 nitrogen and oxygen atoms in total. The number of rotatable bonds is 76. The molecular weight excluding hydrogens is 1380 g/mol. The highest BCUT2D eigenvalue weighted by Crippen LogP contribution is 2.45. The minimum absolute atomic E-state index is 0.0286. The van der Waals surface area contributed by atoms with Crippen LogP contribution in [0.4, 0.5) is 0 Å². The highest BCUT2D eigenvalue weighted by Gasteiger charge is 2.30. The number of carbonyl (C=O) groups is 4. The fourth-order valence-electron chi connectivity index (χ4n) is 10.7. The molecule has 0 fully saturated rings. The van der Waals surface area contributed by atoms with Crippen LogP contribution in [0.5, 0.6) is 0 Å². The fourth-order valence-corrected chi connectivity index (χ4v) is 12.3. The highest BCUT2D eigenvalue weighted by molar-refractivity contribution is 7.47. The molecule has 0 aromatic heterocycles. The number of aliphatic hydroxyl groups excluding tert-OH is 1. The third-order valence-corrected chi connectivity index (χ3v) is 18.7. The summed E-state index contributed by atoms with van der Waals surface area (Å²) in [5.74, 6) is -2.30. The topological polar surface area (TPSA) is 237 Å². The number of esters is 4. The van der Waals surface area contributed by atoms with E-state index in [1.54, 1.807) is 0 Å². The number of allylic oxidation sites excluding steroid dienone is 24. The van der Waals surface area contributed by atoms with Crippen LogP contribution in [0, 0.1) is 0 Å². The molecule has 0 aliphatic carbocycles. The van der Waals surface area contributed by atoms with Gasteiger partial charge < -0.3 is 33.8 Å². The molecule has 0 amide bonds. The van der Waals surface area contributed by atoms with Crippen molar-refractivity contribution in [2.24, 2.45) is 0 Å². The van der Waals surface area contributed by atoms with Crippen LogP contribution in [-0.2, 0) is 65.4 Å². The molecule has 0 aliphatic rings. The van der Waals surface area contributed by atoms with Gasteiger partial charge in [0.25, 0.3) is 0 Å². The Morgan fingerprint density at radius 2 is 0.509 bits per heavy atom. The normalized spacial score (nSPS) is 14.6. The smallest absolute Gasteiger partial charge is 0.462 e. The summed E-state index contributed by atoms with van der Waals surface area (Å²) in [6, 6.07) is 0. The summed E-state index contributed by atoms with van der Waals surface area (Å²) in [7, 11) is -9.99. The number of carbonyl (C=O) groups excluding carboxylic acids is 4. The molecule has 0 spiro atoms. The van der Waals surface area contributed by atoms with E-state index in [-0.39, 0.29) is 25.7 Å². The highest BCUT2D eigenvalue weighted by atomic mass is 31.2. The van der Waals surface area contributed by atoms with Crippen molar-refractivity contribution >= 4 is 39.5 Å². The van der Waals surface area contributed by atoms with Gasteiger partial charge in [0.15, 0.2) is 12.2 Å². The third kappa shape index (κ3) is 77.1. The lowest BCUT2D eigenvalue weighted by Gasteiger charge is -2.21. The molecule has 0 bridgehead atoms. The van der Waals surface area contributed by atoms with Gasteiger partial charge in [0.2, 0.25) is 0 Å². The quantitative estimate of drug-likeness (QED) is 0.0169. The van der Waals surface area contributed by atoms with Crippen molar-refractivity contribution in [3.05, 3.63) is 146 Å². The Kier molecular flexibility index (Phi) is 74.3. The first-order chi connectivity index (χ1) is 51.7. The molecule has 0 saturated heterocycles. The molecule has 0 aromatic rings. The van der Waals surface area contributed by atoms with E-state index < -0.39 is 97.5 Å². The first-order valence-electron chi connectivity index (χ1n) is 41.1. The minimum Gasteiger partial charge on any atom is -0.462 e. The second-order valence-electron chi connectivity index (χ2n) is 26.9. The number of phosphoric acid groups is 2. The Bertz CT molecular complexity index is 2580. The number of ether oxygens (including phenoxy) is 4. The van der Waals surface area contributed by atoms with Crippen LogP contribution in [0.15, 0.2) is 146 Å². The zero-order valence-corrected chi connectivity index (χ0v) is 68.1. The van der Waals surface area contributed by atoms with Crippen LogP contribution in [0.2, 0.25) is 0 Å². The second kappa shape index (κ2) is 78.1. The standard InChI is InChI=1S/C87H146O17P2/c1-5-9-13-17-21-25-29-33-37-39-40-42-46-48-52-56-60-64-68-72-85(90)98-78-83(104-87(92)74-70-66-62-58-54-50-44-36-32-28-24-20-16-12-8-4)80-102-106(95,96)100-76-81(88)75-99-105(93,94)101-79-82(103-86(91)73-69-65-61-57-53-49-43-35-31-27-23-19-15-11-7-3)77-97-84(89)71-67-63-59-55-51-47-45-41-38-34-30-26-22-18-14-10-6-2/h9-10,12-14,16,21-22,24-26,28,33-34,36-38,40,42,44,48,52,60,64,81-83,88H,5-8,11,15,17-20,23,27,29-32,35,39,41,43,45-47,49-51,53-59,61-63,65-80H2,1-4H3,(H,93,94)(H,95,96)/b13-9-,14-10-,16-12-,25-21-,26-22-,28-24-,37-33-,38-34-,42-40-,44-36-,52-48-,64-60-. The molecule has 5 atom stereocenters. The molecule has 0 aromatic carbocycles. The van der Waals surface area contributed by atoms with Gasteiger partial charge in [-0.1, -0.05) is 315 Å². The number of phosphoric ester groups is 2. The summed E-state index contributed by atoms with van der Waals surface area (Å²) in [4.78, 5) is 73.1. The minimum atomic E-state index is -5.00. The molecule has 106 heavy (non-hydrogen) atoms. The molecule has 5 unspecified atom stereocenters. The molecule has 3 N–H and O–H groups in total. The Labute approximate surface area is 643 Å². The van der Waals surface area contributed by atoms with E-state index in [1.165, 1.54) is 64.2 Å². The molecular formula is C87H146O17P2. The summed E-state index contributed by atoms with van der Waals surface area (Å²) in [6.45, 7) is 4.45. The van der Waals surface area contributed by atoms with Crippen LogP contribution in [0.3, 0.4) is 0 Å². The molecule has 0 radical (unpaired) electrons. The van der Waals surface area contributed by atoms with Gasteiger partial charge in [-0.3, -0.25) is 37.3 Å². The van der Waals surface area contributed by atoms with Crippen molar-refractivity contribution in [1.29, 1.82) is 0 Å². The van der Waals surface area contributed by atoms with Gasteiger partial charge in [0.1, 0.15) is 19.3 Å². The van der Waals surface area contributed by atoms with Gasteiger partial charge in [0.05, 0.1) is 26.4 Å². The van der Waals surface area contributed by atoms with Gasteiger partial charge in [0, 0.05) is 25.7 Å². The lowest BCUT2D eigenvalue weighted by atomic mass is 10.0. The number of hydrogen-bond donors (Lipinski definition) is 3. The van der Waals surface area contributed by atoms with E-state index in [4.69, 9.17) is 37.0 Å². The van der Waals surface area contributed by atoms with Crippen molar-refractivity contribution < 1.29 is 80.2 Å². The average molecular weight is 1530 g/mol. The SMILES string of the molecule is CC/C=C\C/C=C\C/C=C\C/C=C\C/C=C\C/C=C\CCC(=O)OCC(COP(=O)(O)OCC(O)COP(=O)(O)OCC(COC(=O)CCCCCCCCC/C=C\C/C=C\C/C=C\CC)OC(=O)CCCCCCCCCCCCCCCCC)OC(=O)CCCCCCC/C=C\C/C=C\C/C=C\CC. The van der Waals surface area contributed by atoms with E-state index in [0.29, 0.717) is 32.1 Å². The molecule has 0 heterocycles. The first-order valence-corrected chi connectivity index (χ1v) is 44.1. The van der Waals surface area contributed by atoms with E-state index in [0.717, 1.165) is 173 Å². The van der Waals surface area contributed by atoms with Crippen molar-refractivity contribution in [1.82, 2.24) is 0 Å². The molecule has 606 valence electrons. The Morgan fingerprint density at radius 1 is 0.274 bits per heavy atom. The van der Waals surface area contributed by atoms with Gasteiger partial charge >= 0.3 is 39.5 Å². The zero-order chi connectivity index (χ0) is 77.4. The van der Waals surface area contributed by atoms with Crippen LogP contribution >= 0.6 is 15.6 Å². The molecule has 0 saturated carbocycles. The van der Waals surface area contributed by atoms with E-state index in [1.807, 2.05) is 18.2 Å². The summed E-state index contributed by atoms with van der Waals surface area (Å²) in [5.41, 5.74) is 0. The van der Waals surface area contributed by atoms with Crippen LogP contribution in [0.1, 0.15) is 323 Å². The predicted octanol–water partition coefficient (Wildman–Crippen LogP) is 24.2. The van der Waals surface area contributed by atoms with Crippen molar-refractivity contribution in [3.8, 4) is 0 Å². The predicted molar refractivity (Wildman–Crippen MR) is 436 cm³/mol. The lowest BCUT2D eigenvalue weighted by Crippen LogP contribution is -2.30. The Hall–Kier alpha value is -5.06. The monoisotopic (exact) mass is 1530 g/mol. The largest absolute Gasteiger partial charge is 0.472 e. The Balaban J connectivity index is 5.44. The molecule has 19 heteroatoms. The van der Waals surface area contributed by atoms with E-state index in [2.05, 4.69) is 155 Å². The second-order valence-corrected chi connectivity index (χ2v) is 29.8. The van der Waals surface area contributed by atoms with Gasteiger partial charge in [-0.2, -0.15) is 0 Å². The Morgan fingerprint density at radius 3 is 0.811 bits per heavy atom. The molecule has 0 aliphatic heterocycles. The van der Waals surface area contributed by atoms with Crippen LogP contribution in [0.25, 0.3) is 0 Å². The number of aliphatic hydroxyl groups is 1. The van der Waals surface area contributed by atoms with Crippen molar-refractivity contribution in [3.63, 3.8) is 0 Å².